The molecule has 4 heterocycles. The number of carbonyl (C=O) groups excluding carboxylic acids is 1. The highest BCUT2D eigenvalue weighted by Crippen LogP contribution is 2.29. The van der Waals surface area contributed by atoms with Crippen molar-refractivity contribution in [3.8, 4) is 0 Å². The number of β-amino-alcohol motifs (C(OH)–C–C–N with tert-alkyl or cyclic N) is 1. The molecule has 1 saturated heterocycles. The minimum Gasteiger partial charge on any atom is -0.444 e. The van der Waals surface area contributed by atoms with E-state index in [1.54, 1.807) is 9.58 Å². The molecule has 0 saturated carbocycles. The summed E-state index contributed by atoms with van der Waals surface area (Å²) in [6.45, 7) is 15.3. The van der Waals surface area contributed by atoms with Crippen LogP contribution in [-0.2, 0) is 24.8 Å². The van der Waals surface area contributed by atoms with E-state index in [1.807, 2.05) is 34.0 Å². The van der Waals surface area contributed by atoms with E-state index in [4.69, 9.17) is 9.72 Å². The number of benzene rings is 2. The first-order valence-electron chi connectivity index (χ1n) is 16.4. The van der Waals surface area contributed by atoms with E-state index in [0.29, 0.717) is 32.1 Å². The largest absolute Gasteiger partial charge is 0.444 e. The van der Waals surface area contributed by atoms with Crippen molar-refractivity contribution in [3.05, 3.63) is 64.8 Å². The summed E-state index contributed by atoms with van der Waals surface area (Å²) in [5.41, 5.74) is 7.07. The van der Waals surface area contributed by atoms with E-state index >= 15 is 0 Å². The smallest absolute Gasteiger partial charge is 0.410 e. The second kappa shape index (κ2) is 13.5. The Hall–Kier alpha value is -4.26. The van der Waals surface area contributed by atoms with Crippen molar-refractivity contribution in [2.24, 2.45) is 7.05 Å². The highest BCUT2D eigenvalue weighted by Gasteiger charge is 2.27. The lowest BCUT2D eigenvalue weighted by Gasteiger charge is -2.37. The lowest BCUT2D eigenvalue weighted by Crippen LogP contribution is -2.52. The van der Waals surface area contributed by atoms with Gasteiger partial charge in [0.25, 0.3) is 0 Å². The molecule has 12 heteroatoms. The molecule has 0 spiro atoms. The van der Waals surface area contributed by atoms with Crippen LogP contribution < -0.4 is 10.6 Å². The van der Waals surface area contributed by atoms with Gasteiger partial charge >= 0.3 is 6.09 Å². The van der Waals surface area contributed by atoms with E-state index in [0.717, 1.165) is 72.0 Å². The van der Waals surface area contributed by atoms with Crippen molar-refractivity contribution in [1.29, 1.82) is 0 Å². The number of nitrogens with zero attached hydrogens (tertiary/aromatic N) is 7. The lowest BCUT2D eigenvalue weighted by atomic mass is 9.98. The van der Waals surface area contributed by atoms with Crippen LogP contribution in [0.1, 0.15) is 43.0 Å². The molecule has 250 valence electrons. The van der Waals surface area contributed by atoms with E-state index in [2.05, 4.69) is 80.8 Å². The van der Waals surface area contributed by atoms with Gasteiger partial charge in [-0.3, -0.25) is 9.80 Å². The van der Waals surface area contributed by atoms with Gasteiger partial charge in [-0.2, -0.15) is 10.1 Å². The molecular formula is C35H47N9O3. The summed E-state index contributed by atoms with van der Waals surface area (Å²) < 4.78 is 7.28. The fourth-order valence-corrected chi connectivity index (χ4v) is 6.39. The van der Waals surface area contributed by atoms with Crippen LogP contribution in [0.15, 0.2) is 42.6 Å². The van der Waals surface area contributed by atoms with Crippen LogP contribution in [0.5, 0.6) is 0 Å². The average molecular weight is 642 g/mol. The number of fused-ring (bicyclic) bond motifs is 2. The first kappa shape index (κ1) is 32.7. The van der Waals surface area contributed by atoms with Crippen LogP contribution in [0.3, 0.4) is 0 Å². The molecule has 1 fully saturated rings. The number of aliphatic hydroxyl groups is 1. The van der Waals surface area contributed by atoms with Crippen molar-refractivity contribution in [2.75, 3.05) is 56.4 Å². The molecular weight excluding hydrogens is 594 g/mol. The SMILES string of the molecule is Cc1cccc(C)c1Nc1nn(C)c2nc(Nc3ccc4c(c3)CN(CC(O)CN3CCN(C(=O)OC(C)(C)C)CC3)CC4)ncc12. The molecule has 2 aromatic carbocycles. The Balaban J connectivity index is 1.04. The number of aryl methyl sites for hydroxylation is 3. The molecule has 0 radical (unpaired) electrons. The Morgan fingerprint density at radius 3 is 2.43 bits per heavy atom. The van der Waals surface area contributed by atoms with Crippen LogP contribution in [0.2, 0.25) is 0 Å². The van der Waals surface area contributed by atoms with Crippen molar-refractivity contribution >= 4 is 40.3 Å². The Morgan fingerprint density at radius 1 is 0.979 bits per heavy atom. The third kappa shape index (κ3) is 7.83. The minimum atomic E-state index is -0.500. The normalized spacial score (nSPS) is 16.6. The number of aromatic nitrogens is 4. The average Bonchev–Trinajstić information content (AvgIpc) is 3.32. The second-order valence-corrected chi connectivity index (χ2v) is 13.8. The zero-order valence-corrected chi connectivity index (χ0v) is 28.4. The molecule has 6 rings (SSSR count). The van der Waals surface area contributed by atoms with Gasteiger partial charge in [0, 0.05) is 77.0 Å². The number of aliphatic hydroxyl groups excluding tert-OH is 1. The molecule has 47 heavy (non-hydrogen) atoms. The summed E-state index contributed by atoms with van der Waals surface area (Å²) in [4.78, 5) is 28.1. The van der Waals surface area contributed by atoms with Gasteiger partial charge in [0.05, 0.1) is 11.5 Å². The highest BCUT2D eigenvalue weighted by atomic mass is 16.6. The molecule has 12 nitrogen and oxygen atoms in total. The maximum atomic E-state index is 12.4. The summed E-state index contributed by atoms with van der Waals surface area (Å²) in [5.74, 6) is 1.24. The first-order chi connectivity index (χ1) is 22.4. The Morgan fingerprint density at radius 2 is 1.70 bits per heavy atom. The van der Waals surface area contributed by atoms with Crippen LogP contribution >= 0.6 is 0 Å². The van der Waals surface area contributed by atoms with Gasteiger partial charge in [-0.05, 0) is 75.4 Å². The van der Waals surface area contributed by atoms with Crippen molar-refractivity contribution in [3.63, 3.8) is 0 Å². The summed E-state index contributed by atoms with van der Waals surface area (Å²) in [7, 11) is 1.89. The summed E-state index contributed by atoms with van der Waals surface area (Å²) in [5, 5.41) is 23.4. The summed E-state index contributed by atoms with van der Waals surface area (Å²) >= 11 is 0. The molecule has 3 N–H and O–H groups in total. The third-order valence-electron chi connectivity index (χ3n) is 8.82. The lowest BCUT2D eigenvalue weighted by molar-refractivity contribution is 0.00764. The van der Waals surface area contributed by atoms with Gasteiger partial charge in [-0.15, -0.1) is 0 Å². The number of amides is 1. The van der Waals surface area contributed by atoms with Gasteiger partial charge in [0.15, 0.2) is 11.5 Å². The Labute approximate surface area is 276 Å². The summed E-state index contributed by atoms with van der Waals surface area (Å²) in [6.07, 6.45) is 2.01. The monoisotopic (exact) mass is 641 g/mol. The number of ether oxygens (including phenoxy) is 1. The minimum absolute atomic E-state index is 0.266. The number of piperazine rings is 1. The van der Waals surface area contributed by atoms with E-state index in [-0.39, 0.29) is 6.09 Å². The zero-order valence-electron chi connectivity index (χ0n) is 28.4. The molecule has 1 amide bonds. The number of hydrogen-bond acceptors (Lipinski definition) is 10. The fourth-order valence-electron chi connectivity index (χ4n) is 6.39. The van der Waals surface area contributed by atoms with Gasteiger partial charge in [-0.25, -0.2) is 14.5 Å². The topological polar surface area (TPSA) is 124 Å². The number of carbonyl (C=O) groups is 1. The van der Waals surface area contributed by atoms with Crippen LogP contribution in [0, 0.1) is 13.8 Å². The number of anilines is 4. The predicted octanol–water partition coefficient (Wildman–Crippen LogP) is 4.74. The fraction of sp³-hybridized carbons (Fsp3) is 0.486. The van der Waals surface area contributed by atoms with E-state index in [1.165, 1.54) is 11.1 Å². The van der Waals surface area contributed by atoms with Crippen LogP contribution in [0.4, 0.5) is 27.9 Å². The molecule has 4 aromatic rings. The number of para-hydroxylation sites is 1. The zero-order chi connectivity index (χ0) is 33.3. The molecule has 2 aromatic heterocycles. The Bertz CT molecular complexity index is 1720. The summed E-state index contributed by atoms with van der Waals surface area (Å²) in [6, 6.07) is 12.6. The first-order valence-corrected chi connectivity index (χ1v) is 16.4. The van der Waals surface area contributed by atoms with E-state index < -0.39 is 11.7 Å². The van der Waals surface area contributed by atoms with Crippen molar-refractivity contribution in [1.82, 2.24) is 34.4 Å². The second-order valence-electron chi connectivity index (χ2n) is 13.8. The van der Waals surface area contributed by atoms with E-state index in [9.17, 15) is 9.90 Å². The molecule has 1 atom stereocenters. The molecule has 0 aliphatic carbocycles. The number of nitrogens with one attached hydrogen (secondary N) is 2. The maximum Gasteiger partial charge on any atom is 0.410 e. The van der Waals surface area contributed by atoms with Gasteiger partial charge in [0.1, 0.15) is 5.60 Å². The van der Waals surface area contributed by atoms with Gasteiger partial charge in [-0.1, -0.05) is 24.3 Å². The molecule has 2 aliphatic heterocycles. The van der Waals surface area contributed by atoms with Gasteiger partial charge in [0.2, 0.25) is 5.95 Å². The Kier molecular flexibility index (Phi) is 9.36. The van der Waals surface area contributed by atoms with Crippen LogP contribution in [0.25, 0.3) is 11.0 Å². The number of hydrogen-bond donors (Lipinski definition) is 3. The molecule has 1 unspecified atom stereocenters. The van der Waals surface area contributed by atoms with Crippen molar-refractivity contribution < 1.29 is 14.6 Å². The molecule has 0 bridgehead atoms. The quantitative estimate of drug-likeness (QED) is 0.249. The number of rotatable bonds is 8. The maximum absolute atomic E-state index is 12.4. The molecule has 2 aliphatic rings. The predicted molar refractivity (Wildman–Crippen MR) is 184 cm³/mol. The third-order valence-corrected chi connectivity index (χ3v) is 8.82. The van der Waals surface area contributed by atoms with Crippen molar-refractivity contribution in [2.45, 2.75) is 59.3 Å². The highest BCUT2D eigenvalue weighted by molar-refractivity contribution is 5.90. The van der Waals surface area contributed by atoms with Gasteiger partial charge < -0.3 is 25.4 Å². The van der Waals surface area contributed by atoms with Crippen LogP contribution in [-0.4, -0.2) is 103 Å². The standard InChI is InChI=1S/C35H47N9O3/c1-23-8-7-9-24(2)30(23)38-31-29-19-36-33(39-32(29)41(6)40-31)37-27-11-10-25-12-13-43(20-26(25)18-27)22-28(45)21-42-14-16-44(17-15-42)34(46)47-35(3,4)5/h7-11,18-19,28,45H,12-17,20-22H2,1-6H3,(H,38,40)(H,36,37,39).